The molecule has 0 bridgehead atoms. The molecule has 2 atom stereocenters. The normalized spacial score (nSPS) is 23.8. The number of nitrogens with two attached hydrogens (primary N) is 1. The number of benzene rings is 1. The van der Waals surface area contributed by atoms with Crippen LogP contribution < -0.4 is 5.73 Å². The molecule has 3 nitrogen and oxygen atoms in total. The molecule has 0 radical (unpaired) electrons. The number of halogens is 3. The van der Waals surface area contributed by atoms with Crippen molar-refractivity contribution in [2.24, 2.45) is 5.73 Å². The SMILES string of the molecule is CC1CC(N)CCN1C(=O)c1ccc(C(F)(F)F)cc1. The van der Waals surface area contributed by atoms with Gasteiger partial charge in [0.1, 0.15) is 0 Å². The molecular weight excluding hydrogens is 269 g/mol. The molecule has 6 heteroatoms. The highest BCUT2D eigenvalue weighted by atomic mass is 19.4. The van der Waals surface area contributed by atoms with Crippen LogP contribution in [0.25, 0.3) is 0 Å². The van der Waals surface area contributed by atoms with E-state index in [0.29, 0.717) is 13.0 Å². The van der Waals surface area contributed by atoms with Crippen LogP contribution in [-0.4, -0.2) is 29.4 Å². The molecule has 1 aromatic rings. The lowest BCUT2D eigenvalue weighted by atomic mass is 9.98. The van der Waals surface area contributed by atoms with E-state index in [9.17, 15) is 18.0 Å². The van der Waals surface area contributed by atoms with Gasteiger partial charge in [-0.15, -0.1) is 0 Å². The van der Waals surface area contributed by atoms with Crippen molar-refractivity contribution in [1.29, 1.82) is 0 Å². The summed E-state index contributed by atoms with van der Waals surface area (Å²) in [5.74, 6) is -0.238. The molecule has 0 spiro atoms. The van der Waals surface area contributed by atoms with Crippen LogP contribution in [0, 0.1) is 0 Å². The number of hydrogen-bond acceptors (Lipinski definition) is 2. The maximum absolute atomic E-state index is 12.5. The molecule has 0 aromatic heterocycles. The highest BCUT2D eigenvalue weighted by molar-refractivity contribution is 5.94. The number of likely N-dealkylation sites (tertiary alicyclic amines) is 1. The standard InChI is InChI=1S/C14H17F3N2O/c1-9-8-12(18)6-7-19(9)13(20)10-2-4-11(5-3-10)14(15,16)17/h2-5,9,12H,6-8,18H2,1H3. The summed E-state index contributed by atoms with van der Waals surface area (Å²) in [4.78, 5) is 14.0. The molecule has 0 aliphatic carbocycles. The van der Waals surface area contributed by atoms with Crippen molar-refractivity contribution in [3.63, 3.8) is 0 Å². The molecule has 2 N–H and O–H groups in total. The van der Waals surface area contributed by atoms with Crippen molar-refractivity contribution >= 4 is 5.91 Å². The van der Waals surface area contributed by atoms with Crippen LogP contribution in [0.1, 0.15) is 35.7 Å². The molecule has 1 amide bonds. The first-order valence-electron chi connectivity index (χ1n) is 6.53. The zero-order valence-corrected chi connectivity index (χ0v) is 11.2. The summed E-state index contributed by atoms with van der Waals surface area (Å²) in [5.41, 5.74) is 5.36. The predicted octanol–water partition coefficient (Wildman–Crippen LogP) is 2.66. The summed E-state index contributed by atoms with van der Waals surface area (Å²) in [6.07, 6.45) is -2.95. The van der Waals surface area contributed by atoms with E-state index in [1.807, 2.05) is 6.92 Å². The minimum Gasteiger partial charge on any atom is -0.336 e. The summed E-state index contributed by atoms with van der Waals surface area (Å²) in [6, 6.07) is 4.43. The Balaban J connectivity index is 2.13. The molecule has 2 unspecified atom stereocenters. The van der Waals surface area contributed by atoms with E-state index in [2.05, 4.69) is 0 Å². The van der Waals surface area contributed by atoms with Crippen molar-refractivity contribution in [2.45, 2.75) is 38.0 Å². The fourth-order valence-corrected chi connectivity index (χ4v) is 2.48. The van der Waals surface area contributed by atoms with E-state index in [4.69, 9.17) is 5.73 Å². The third-order valence-corrected chi connectivity index (χ3v) is 3.64. The molecule has 1 fully saturated rings. The zero-order valence-electron chi connectivity index (χ0n) is 11.2. The summed E-state index contributed by atoms with van der Waals surface area (Å²) in [5, 5.41) is 0. The molecule has 1 aliphatic heterocycles. The Morgan fingerprint density at radius 1 is 1.30 bits per heavy atom. The zero-order chi connectivity index (χ0) is 14.9. The van der Waals surface area contributed by atoms with Crippen LogP contribution >= 0.6 is 0 Å². The van der Waals surface area contributed by atoms with Gasteiger partial charge in [0, 0.05) is 24.2 Å². The van der Waals surface area contributed by atoms with Crippen molar-refractivity contribution in [1.82, 2.24) is 4.90 Å². The fraction of sp³-hybridized carbons (Fsp3) is 0.500. The quantitative estimate of drug-likeness (QED) is 0.862. The van der Waals surface area contributed by atoms with Gasteiger partial charge in [0.15, 0.2) is 0 Å². The number of amides is 1. The maximum atomic E-state index is 12.5. The van der Waals surface area contributed by atoms with Gasteiger partial charge in [-0.1, -0.05) is 0 Å². The lowest BCUT2D eigenvalue weighted by molar-refractivity contribution is -0.137. The largest absolute Gasteiger partial charge is 0.416 e. The van der Waals surface area contributed by atoms with Crippen LogP contribution in [-0.2, 0) is 6.18 Å². The van der Waals surface area contributed by atoms with Gasteiger partial charge in [-0.05, 0) is 44.0 Å². The van der Waals surface area contributed by atoms with Gasteiger partial charge in [-0.2, -0.15) is 13.2 Å². The van der Waals surface area contributed by atoms with Gasteiger partial charge >= 0.3 is 6.18 Å². The fourth-order valence-electron chi connectivity index (χ4n) is 2.48. The second-order valence-electron chi connectivity index (χ2n) is 5.21. The average Bonchev–Trinajstić information content (AvgIpc) is 2.37. The summed E-state index contributed by atoms with van der Waals surface area (Å²) < 4.78 is 37.4. The van der Waals surface area contributed by atoms with Gasteiger partial charge in [0.25, 0.3) is 5.91 Å². The lowest BCUT2D eigenvalue weighted by Gasteiger charge is -2.36. The van der Waals surface area contributed by atoms with Gasteiger partial charge in [-0.3, -0.25) is 4.79 Å². The monoisotopic (exact) mass is 286 g/mol. The first kappa shape index (κ1) is 14.8. The van der Waals surface area contributed by atoms with Gasteiger partial charge in [-0.25, -0.2) is 0 Å². The van der Waals surface area contributed by atoms with E-state index >= 15 is 0 Å². The number of hydrogen-bond donors (Lipinski definition) is 1. The van der Waals surface area contributed by atoms with Crippen LogP contribution in [0.3, 0.4) is 0 Å². The molecule has 1 aromatic carbocycles. The van der Waals surface area contributed by atoms with Crippen LogP contribution in [0.2, 0.25) is 0 Å². The molecule has 1 heterocycles. The van der Waals surface area contributed by atoms with Crippen LogP contribution in [0.4, 0.5) is 13.2 Å². The minimum absolute atomic E-state index is 0.00791. The molecule has 1 aliphatic rings. The molecule has 2 rings (SSSR count). The Kier molecular flexibility index (Phi) is 4.04. The molecule has 20 heavy (non-hydrogen) atoms. The van der Waals surface area contributed by atoms with E-state index < -0.39 is 11.7 Å². The van der Waals surface area contributed by atoms with Gasteiger partial charge in [0.2, 0.25) is 0 Å². The van der Waals surface area contributed by atoms with E-state index in [1.54, 1.807) is 4.90 Å². The third-order valence-electron chi connectivity index (χ3n) is 3.64. The van der Waals surface area contributed by atoms with E-state index in [-0.39, 0.29) is 23.6 Å². The Morgan fingerprint density at radius 3 is 2.40 bits per heavy atom. The predicted molar refractivity (Wildman–Crippen MR) is 69.2 cm³/mol. The minimum atomic E-state index is -4.38. The summed E-state index contributed by atoms with van der Waals surface area (Å²) in [7, 11) is 0. The van der Waals surface area contributed by atoms with Gasteiger partial charge < -0.3 is 10.6 Å². The van der Waals surface area contributed by atoms with E-state index in [1.165, 1.54) is 12.1 Å². The van der Waals surface area contributed by atoms with Crippen LogP contribution in [0.15, 0.2) is 24.3 Å². The molecular formula is C14H17F3N2O. The Bertz CT molecular complexity index is 484. The molecule has 0 saturated carbocycles. The second-order valence-corrected chi connectivity index (χ2v) is 5.21. The number of rotatable bonds is 1. The Labute approximate surface area is 115 Å². The number of carbonyl (C=O) groups excluding carboxylic acids is 1. The molecule has 1 saturated heterocycles. The number of piperidine rings is 1. The van der Waals surface area contributed by atoms with E-state index in [0.717, 1.165) is 18.6 Å². The number of carbonyl (C=O) groups is 1. The van der Waals surface area contributed by atoms with Crippen molar-refractivity contribution in [2.75, 3.05) is 6.54 Å². The molecule has 110 valence electrons. The van der Waals surface area contributed by atoms with Crippen molar-refractivity contribution in [3.05, 3.63) is 35.4 Å². The number of alkyl halides is 3. The average molecular weight is 286 g/mol. The van der Waals surface area contributed by atoms with Crippen molar-refractivity contribution < 1.29 is 18.0 Å². The summed E-state index contributed by atoms with van der Waals surface area (Å²) >= 11 is 0. The summed E-state index contributed by atoms with van der Waals surface area (Å²) in [6.45, 7) is 2.45. The maximum Gasteiger partial charge on any atom is 0.416 e. The number of nitrogens with zero attached hydrogens (tertiary/aromatic N) is 1. The second kappa shape index (κ2) is 5.44. The first-order chi connectivity index (χ1) is 9.29. The Morgan fingerprint density at radius 2 is 1.90 bits per heavy atom. The van der Waals surface area contributed by atoms with Gasteiger partial charge in [0.05, 0.1) is 5.56 Å². The van der Waals surface area contributed by atoms with Crippen molar-refractivity contribution in [3.8, 4) is 0 Å². The highest BCUT2D eigenvalue weighted by Crippen LogP contribution is 2.29. The lowest BCUT2D eigenvalue weighted by Crippen LogP contribution is -2.48. The van der Waals surface area contributed by atoms with Crippen LogP contribution in [0.5, 0.6) is 0 Å². The third kappa shape index (κ3) is 3.12. The smallest absolute Gasteiger partial charge is 0.336 e. The highest BCUT2D eigenvalue weighted by Gasteiger charge is 2.31. The first-order valence-corrected chi connectivity index (χ1v) is 6.53. The Hall–Kier alpha value is -1.56. The topological polar surface area (TPSA) is 46.3 Å².